The number of fused-ring (bicyclic) bond motifs is 1. The third-order valence-electron chi connectivity index (χ3n) is 5.25. The maximum atomic E-state index is 12.5. The van der Waals surface area contributed by atoms with Gasteiger partial charge in [0.05, 0.1) is 10.6 Å². The van der Waals surface area contributed by atoms with Crippen molar-refractivity contribution < 1.29 is 22.7 Å². The lowest BCUT2D eigenvalue weighted by molar-refractivity contribution is -0.116. The number of anilines is 1. The van der Waals surface area contributed by atoms with E-state index in [-0.39, 0.29) is 23.0 Å². The molecular formula is C23H26N4O6S. The Hall–Kier alpha value is -3.57. The fraction of sp³-hybridized carbons (Fsp3) is 0.304. The predicted octanol–water partition coefficient (Wildman–Crippen LogP) is 2.41. The van der Waals surface area contributed by atoms with E-state index in [1.807, 2.05) is 0 Å². The lowest BCUT2D eigenvalue weighted by Gasteiger charge is -2.18. The number of nitrogens with zero attached hydrogens (tertiary/aromatic N) is 1. The summed E-state index contributed by atoms with van der Waals surface area (Å²) in [6.07, 6.45) is 5.38. The number of hydrogen-bond donors (Lipinski definition) is 3. The van der Waals surface area contributed by atoms with E-state index in [0.29, 0.717) is 61.8 Å². The van der Waals surface area contributed by atoms with Gasteiger partial charge in [-0.2, -0.15) is 0 Å². The largest absolute Gasteiger partial charge is 0.486 e. The van der Waals surface area contributed by atoms with Crippen LogP contribution in [0.4, 0.5) is 5.69 Å². The summed E-state index contributed by atoms with van der Waals surface area (Å²) in [5.74, 6) is 0.815. The van der Waals surface area contributed by atoms with E-state index in [4.69, 9.17) is 9.47 Å². The van der Waals surface area contributed by atoms with E-state index in [1.165, 1.54) is 16.7 Å². The monoisotopic (exact) mass is 486 g/mol. The van der Waals surface area contributed by atoms with Gasteiger partial charge in [0.15, 0.2) is 11.5 Å². The van der Waals surface area contributed by atoms with Crippen LogP contribution in [0.2, 0.25) is 0 Å². The van der Waals surface area contributed by atoms with Crippen molar-refractivity contribution in [2.24, 2.45) is 0 Å². The Morgan fingerprint density at radius 3 is 2.65 bits per heavy atom. The molecular weight excluding hydrogens is 460 g/mol. The van der Waals surface area contributed by atoms with Gasteiger partial charge in [0.2, 0.25) is 15.9 Å². The molecule has 0 aliphatic carbocycles. The molecule has 3 aromatic rings. The molecule has 1 aliphatic heterocycles. The Labute approximate surface area is 197 Å². The lowest BCUT2D eigenvalue weighted by Crippen LogP contribution is -2.25. The third kappa shape index (κ3) is 5.86. The highest BCUT2D eigenvalue weighted by molar-refractivity contribution is 7.89. The second-order valence-corrected chi connectivity index (χ2v) is 9.51. The first-order valence-corrected chi connectivity index (χ1v) is 12.5. The number of benzene rings is 2. The summed E-state index contributed by atoms with van der Waals surface area (Å²) in [5, 5.41) is 2.83. The molecule has 2 heterocycles. The van der Waals surface area contributed by atoms with Crippen LogP contribution in [0.3, 0.4) is 0 Å². The maximum Gasteiger partial charge on any atom is 0.330 e. The molecule has 11 heteroatoms. The molecule has 0 saturated heterocycles. The molecule has 2 aromatic carbocycles. The fourth-order valence-electron chi connectivity index (χ4n) is 3.55. The number of sulfonamides is 1. The minimum atomic E-state index is -3.66. The van der Waals surface area contributed by atoms with Crippen LogP contribution in [-0.4, -0.2) is 43.6 Å². The molecule has 0 unspecified atom stereocenters. The van der Waals surface area contributed by atoms with E-state index in [9.17, 15) is 18.0 Å². The Morgan fingerprint density at radius 2 is 1.85 bits per heavy atom. The SMILES string of the molecule is O=C(CCCCCNS(=O)(=O)c1ccc2c(c1)OCCO2)Nc1cccc(-n2cc[nH]c2=O)c1. The molecule has 0 saturated carbocycles. The molecule has 0 radical (unpaired) electrons. The van der Waals surface area contributed by atoms with Crippen LogP contribution in [0.15, 0.2) is 64.5 Å². The van der Waals surface area contributed by atoms with Crippen molar-refractivity contribution in [1.82, 2.24) is 14.3 Å². The number of imidazole rings is 1. The van der Waals surface area contributed by atoms with E-state index >= 15 is 0 Å². The average molecular weight is 487 g/mol. The quantitative estimate of drug-likeness (QED) is 0.377. The number of ether oxygens (including phenoxy) is 2. The number of hydrogen-bond acceptors (Lipinski definition) is 6. The molecule has 0 bridgehead atoms. The van der Waals surface area contributed by atoms with Crippen LogP contribution < -0.4 is 25.2 Å². The van der Waals surface area contributed by atoms with Gasteiger partial charge >= 0.3 is 5.69 Å². The zero-order valence-corrected chi connectivity index (χ0v) is 19.3. The summed E-state index contributed by atoms with van der Waals surface area (Å²) in [5.41, 5.74) is 0.991. The van der Waals surface area contributed by atoms with E-state index < -0.39 is 10.0 Å². The highest BCUT2D eigenvalue weighted by Gasteiger charge is 2.19. The van der Waals surface area contributed by atoms with Crippen molar-refractivity contribution in [2.75, 3.05) is 25.1 Å². The number of aromatic nitrogens is 2. The zero-order valence-electron chi connectivity index (χ0n) is 18.5. The van der Waals surface area contributed by atoms with Crippen molar-refractivity contribution in [1.29, 1.82) is 0 Å². The summed E-state index contributed by atoms with van der Waals surface area (Å²) in [7, 11) is -3.66. The van der Waals surface area contributed by atoms with Gasteiger partial charge in [-0.3, -0.25) is 9.36 Å². The summed E-state index contributed by atoms with van der Waals surface area (Å²) in [4.78, 5) is 26.7. The maximum absolute atomic E-state index is 12.5. The first kappa shape index (κ1) is 23.6. The van der Waals surface area contributed by atoms with Crippen LogP contribution in [0, 0.1) is 0 Å². The highest BCUT2D eigenvalue weighted by Crippen LogP contribution is 2.32. The Balaban J connectivity index is 1.18. The van der Waals surface area contributed by atoms with Crippen molar-refractivity contribution in [3.05, 3.63) is 65.3 Å². The fourth-order valence-corrected chi connectivity index (χ4v) is 4.64. The summed E-state index contributed by atoms with van der Waals surface area (Å²) >= 11 is 0. The number of nitrogens with one attached hydrogen (secondary N) is 3. The minimum absolute atomic E-state index is 0.125. The molecule has 0 spiro atoms. The lowest BCUT2D eigenvalue weighted by atomic mass is 10.2. The molecule has 0 fully saturated rings. The normalized spacial score (nSPS) is 12.9. The van der Waals surface area contributed by atoms with Crippen LogP contribution in [0.5, 0.6) is 11.5 Å². The Morgan fingerprint density at radius 1 is 1.03 bits per heavy atom. The van der Waals surface area contributed by atoms with Gasteiger partial charge in [0.25, 0.3) is 0 Å². The van der Waals surface area contributed by atoms with Crippen molar-refractivity contribution in [3.8, 4) is 17.2 Å². The molecule has 34 heavy (non-hydrogen) atoms. The Kier molecular flexibility index (Phi) is 7.33. The number of aromatic amines is 1. The molecule has 1 amide bonds. The summed E-state index contributed by atoms with van der Waals surface area (Å²) in [6.45, 7) is 1.10. The smallest absolute Gasteiger partial charge is 0.330 e. The van der Waals surface area contributed by atoms with Gasteiger partial charge in [-0.05, 0) is 43.2 Å². The van der Waals surface area contributed by atoms with E-state index in [2.05, 4.69) is 15.0 Å². The van der Waals surface area contributed by atoms with Crippen LogP contribution >= 0.6 is 0 Å². The predicted molar refractivity (Wildman–Crippen MR) is 126 cm³/mol. The summed E-state index contributed by atoms with van der Waals surface area (Å²) in [6, 6.07) is 11.6. The number of H-pyrrole nitrogens is 1. The van der Waals surface area contributed by atoms with Gasteiger partial charge in [0.1, 0.15) is 13.2 Å². The van der Waals surface area contributed by atoms with Gasteiger partial charge < -0.3 is 19.8 Å². The number of carbonyl (C=O) groups is 1. The van der Waals surface area contributed by atoms with Crippen LogP contribution in [0.1, 0.15) is 25.7 Å². The number of amides is 1. The second-order valence-electron chi connectivity index (χ2n) is 7.75. The summed E-state index contributed by atoms with van der Waals surface area (Å²) < 4.78 is 39.9. The molecule has 3 N–H and O–H groups in total. The third-order valence-corrected chi connectivity index (χ3v) is 6.71. The zero-order chi connectivity index (χ0) is 24.0. The average Bonchev–Trinajstić information content (AvgIpc) is 3.27. The standard InChI is InChI=1S/C23H26N4O6S/c28-22(26-17-5-4-6-18(15-17)27-12-11-24-23(27)29)7-2-1-3-10-25-34(30,31)19-8-9-20-21(16-19)33-14-13-32-20/h4-6,8-9,11-12,15-16,25H,1-3,7,10,13-14H2,(H,24,29)(H,26,28). The molecule has 0 atom stereocenters. The van der Waals surface area contributed by atoms with Gasteiger partial charge in [-0.15, -0.1) is 0 Å². The second kappa shape index (κ2) is 10.6. The number of unbranched alkanes of at least 4 members (excludes halogenated alkanes) is 2. The molecule has 180 valence electrons. The van der Waals surface area contributed by atoms with Crippen molar-refractivity contribution >= 4 is 21.6 Å². The number of carbonyl (C=O) groups excluding carboxylic acids is 1. The minimum Gasteiger partial charge on any atom is -0.486 e. The first-order chi connectivity index (χ1) is 16.4. The van der Waals surface area contributed by atoms with E-state index in [1.54, 1.807) is 42.7 Å². The Bertz CT molecular complexity index is 1310. The van der Waals surface area contributed by atoms with E-state index in [0.717, 1.165) is 0 Å². The molecule has 10 nitrogen and oxygen atoms in total. The van der Waals surface area contributed by atoms with Gasteiger partial charge in [0, 0.05) is 37.1 Å². The molecule has 4 rings (SSSR count). The highest BCUT2D eigenvalue weighted by atomic mass is 32.2. The first-order valence-electron chi connectivity index (χ1n) is 11.0. The molecule has 1 aliphatic rings. The van der Waals surface area contributed by atoms with Crippen LogP contribution in [-0.2, 0) is 14.8 Å². The molecule has 1 aromatic heterocycles. The topological polar surface area (TPSA) is 132 Å². The van der Waals surface area contributed by atoms with Crippen molar-refractivity contribution in [3.63, 3.8) is 0 Å². The number of rotatable bonds is 10. The van der Waals surface area contributed by atoms with Gasteiger partial charge in [-0.25, -0.2) is 17.9 Å². The van der Waals surface area contributed by atoms with Crippen LogP contribution in [0.25, 0.3) is 5.69 Å². The van der Waals surface area contributed by atoms with Crippen molar-refractivity contribution in [2.45, 2.75) is 30.6 Å². The van der Waals surface area contributed by atoms with Gasteiger partial charge in [-0.1, -0.05) is 12.5 Å².